The summed E-state index contributed by atoms with van der Waals surface area (Å²) in [4.78, 5) is 4.66. The largest absolute Gasteiger partial charge is 0.475 e. The van der Waals surface area contributed by atoms with Gasteiger partial charge in [0.1, 0.15) is 12.7 Å². The number of aliphatic hydroxyl groups excluding tert-OH is 1. The first kappa shape index (κ1) is 15.9. The van der Waals surface area contributed by atoms with Crippen molar-refractivity contribution in [3.63, 3.8) is 0 Å². The van der Waals surface area contributed by atoms with Crippen LogP contribution in [0.1, 0.15) is 36.6 Å². The van der Waals surface area contributed by atoms with Gasteiger partial charge in [0.15, 0.2) is 0 Å². The molecule has 3 nitrogen and oxygen atoms in total. The zero-order chi connectivity index (χ0) is 17.4. The highest BCUT2D eigenvalue weighted by molar-refractivity contribution is 5.97. The first-order valence-corrected chi connectivity index (χ1v) is 8.52. The second-order valence-corrected chi connectivity index (χ2v) is 7.11. The van der Waals surface area contributed by atoms with Gasteiger partial charge in [0.2, 0.25) is 5.90 Å². The highest BCUT2D eigenvalue weighted by atomic mass is 16.5. The van der Waals surface area contributed by atoms with Crippen molar-refractivity contribution in [2.45, 2.75) is 25.5 Å². The number of fused-ring (bicyclic) bond motifs is 1. The smallest absolute Gasteiger partial charge is 0.217 e. The Morgan fingerprint density at radius 2 is 1.68 bits per heavy atom. The van der Waals surface area contributed by atoms with Crippen LogP contribution in [0, 0.1) is 0 Å². The van der Waals surface area contributed by atoms with Crippen LogP contribution in [0.5, 0.6) is 0 Å². The van der Waals surface area contributed by atoms with Crippen LogP contribution in [0.15, 0.2) is 71.7 Å². The van der Waals surface area contributed by atoms with Gasteiger partial charge in [-0.15, -0.1) is 0 Å². The lowest BCUT2D eigenvalue weighted by atomic mass is 9.95. The molecule has 1 aliphatic heterocycles. The second kappa shape index (κ2) is 6.01. The Labute approximate surface area is 147 Å². The van der Waals surface area contributed by atoms with Gasteiger partial charge in [-0.3, -0.25) is 0 Å². The number of aliphatic imine (C=N–C) groups is 1. The van der Waals surface area contributed by atoms with E-state index in [-0.39, 0.29) is 5.54 Å². The Hall–Kier alpha value is -2.65. The van der Waals surface area contributed by atoms with Crippen LogP contribution >= 0.6 is 0 Å². The molecule has 0 fully saturated rings. The third-order valence-electron chi connectivity index (χ3n) is 4.54. The van der Waals surface area contributed by atoms with Gasteiger partial charge in [0.25, 0.3) is 0 Å². The molecule has 3 aromatic carbocycles. The van der Waals surface area contributed by atoms with E-state index in [1.165, 1.54) is 0 Å². The van der Waals surface area contributed by atoms with Gasteiger partial charge in [-0.05, 0) is 47.9 Å². The molecule has 4 rings (SSSR count). The minimum Gasteiger partial charge on any atom is -0.475 e. The molecule has 0 aromatic heterocycles. The molecule has 0 saturated carbocycles. The summed E-state index contributed by atoms with van der Waals surface area (Å²) in [5.74, 6) is 0.612. The average molecular weight is 331 g/mol. The van der Waals surface area contributed by atoms with Crippen LogP contribution in [0.4, 0.5) is 0 Å². The third-order valence-corrected chi connectivity index (χ3v) is 4.54. The average Bonchev–Trinajstić information content (AvgIpc) is 3.00. The van der Waals surface area contributed by atoms with E-state index in [9.17, 15) is 5.11 Å². The molecule has 0 aliphatic carbocycles. The summed E-state index contributed by atoms with van der Waals surface area (Å²) in [6, 6.07) is 22.0. The van der Waals surface area contributed by atoms with Crippen LogP contribution in [0.3, 0.4) is 0 Å². The van der Waals surface area contributed by atoms with E-state index in [4.69, 9.17) is 4.74 Å². The molecule has 0 spiro atoms. The molecule has 0 bridgehead atoms. The fourth-order valence-corrected chi connectivity index (χ4v) is 3.21. The molecular formula is C22H21NO2. The molecule has 126 valence electrons. The molecule has 25 heavy (non-hydrogen) atoms. The lowest BCUT2D eigenvalue weighted by Crippen LogP contribution is -2.17. The fourth-order valence-electron chi connectivity index (χ4n) is 3.21. The number of rotatable bonds is 3. The molecule has 0 amide bonds. The summed E-state index contributed by atoms with van der Waals surface area (Å²) in [5, 5.41) is 13.3. The van der Waals surface area contributed by atoms with Crippen molar-refractivity contribution in [2.75, 3.05) is 6.61 Å². The highest BCUT2D eigenvalue weighted by Gasteiger charge is 2.29. The predicted octanol–water partition coefficient (Wildman–Crippen LogP) is 4.48. The van der Waals surface area contributed by atoms with Gasteiger partial charge >= 0.3 is 0 Å². The zero-order valence-electron chi connectivity index (χ0n) is 14.4. The Bertz CT molecular complexity index is 959. The first-order chi connectivity index (χ1) is 12.0. The summed E-state index contributed by atoms with van der Waals surface area (Å²) in [6.45, 7) is 4.65. The van der Waals surface area contributed by atoms with Crippen molar-refractivity contribution >= 4 is 16.7 Å². The zero-order valence-corrected chi connectivity index (χ0v) is 14.4. The Morgan fingerprint density at radius 1 is 0.960 bits per heavy atom. The number of hydrogen-bond acceptors (Lipinski definition) is 3. The number of aliphatic hydroxyl groups is 1. The van der Waals surface area contributed by atoms with Crippen LogP contribution in [0.25, 0.3) is 10.8 Å². The van der Waals surface area contributed by atoms with E-state index in [2.05, 4.69) is 17.1 Å². The molecule has 0 radical (unpaired) electrons. The number of nitrogens with zero attached hydrogens (tertiary/aromatic N) is 1. The maximum Gasteiger partial charge on any atom is 0.217 e. The maximum atomic E-state index is 11.0. The summed E-state index contributed by atoms with van der Waals surface area (Å²) < 4.78 is 5.79. The Morgan fingerprint density at radius 3 is 2.44 bits per heavy atom. The molecule has 1 heterocycles. The van der Waals surface area contributed by atoms with Crippen LogP contribution in [-0.2, 0) is 4.74 Å². The first-order valence-electron chi connectivity index (χ1n) is 8.52. The van der Waals surface area contributed by atoms with E-state index in [0.717, 1.165) is 27.5 Å². The Kier molecular flexibility index (Phi) is 3.81. The minimum absolute atomic E-state index is 0.226. The number of hydrogen-bond donors (Lipinski definition) is 1. The fraction of sp³-hybridized carbons (Fsp3) is 0.227. The summed E-state index contributed by atoms with van der Waals surface area (Å²) in [6.07, 6.45) is -0.726. The molecule has 1 unspecified atom stereocenters. The van der Waals surface area contributed by atoms with Crippen molar-refractivity contribution in [2.24, 2.45) is 4.99 Å². The maximum absolute atomic E-state index is 11.0. The molecule has 1 atom stereocenters. The van der Waals surface area contributed by atoms with Gasteiger partial charge in [-0.25, -0.2) is 4.99 Å². The van der Waals surface area contributed by atoms with Crippen molar-refractivity contribution < 1.29 is 9.84 Å². The molecule has 3 aromatic rings. The quantitative estimate of drug-likeness (QED) is 0.769. The standard InChI is InChI=1S/C22H21NO2/c1-22(2)14-25-21(23-22)19-10-6-5-9-18(19)20(24)17-12-11-15-7-3-4-8-16(15)13-17/h3-13,20,24H,14H2,1-2H3. The highest BCUT2D eigenvalue weighted by Crippen LogP contribution is 2.30. The molecular weight excluding hydrogens is 310 g/mol. The van der Waals surface area contributed by atoms with Gasteiger partial charge in [-0.2, -0.15) is 0 Å². The van der Waals surface area contributed by atoms with E-state index in [0.29, 0.717) is 12.5 Å². The number of benzene rings is 3. The Balaban J connectivity index is 1.76. The monoisotopic (exact) mass is 331 g/mol. The summed E-state index contributed by atoms with van der Waals surface area (Å²) >= 11 is 0. The molecule has 1 aliphatic rings. The normalized spacial score (nSPS) is 17.2. The predicted molar refractivity (Wildman–Crippen MR) is 101 cm³/mol. The van der Waals surface area contributed by atoms with E-state index >= 15 is 0 Å². The van der Waals surface area contributed by atoms with Crippen molar-refractivity contribution in [1.82, 2.24) is 0 Å². The lowest BCUT2D eigenvalue weighted by Gasteiger charge is -2.16. The molecule has 1 N–H and O–H groups in total. The van der Waals surface area contributed by atoms with Gasteiger partial charge in [0.05, 0.1) is 5.54 Å². The SMILES string of the molecule is CC1(C)COC(c2ccccc2C(O)c2ccc3ccccc3c2)=N1. The van der Waals surface area contributed by atoms with E-state index in [1.54, 1.807) is 0 Å². The van der Waals surface area contributed by atoms with Crippen LogP contribution < -0.4 is 0 Å². The topological polar surface area (TPSA) is 41.8 Å². The summed E-state index contributed by atoms with van der Waals surface area (Å²) in [5.41, 5.74) is 2.31. The lowest BCUT2D eigenvalue weighted by molar-refractivity contribution is 0.219. The van der Waals surface area contributed by atoms with Crippen LogP contribution in [-0.4, -0.2) is 23.2 Å². The minimum atomic E-state index is -0.726. The molecule has 0 saturated heterocycles. The van der Waals surface area contributed by atoms with E-state index < -0.39 is 6.10 Å². The van der Waals surface area contributed by atoms with Crippen molar-refractivity contribution in [3.05, 3.63) is 83.4 Å². The second-order valence-electron chi connectivity index (χ2n) is 7.11. The number of ether oxygens (including phenoxy) is 1. The van der Waals surface area contributed by atoms with Gasteiger partial charge < -0.3 is 9.84 Å². The van der Waals surface area contributed by atoms with Crippen LogP contribution in [0.2, 0.25) is 0 Å². The third kappa shape index (κ3) is 3.03. The van der Waals surface area contributed by atoms with E-state index in [1.807, 2.05) is 68.4 Å². The van der Waals surface area contributed by atoms with Gasteiger partial charge in [-0.1, -0.05) is 54.6 Å². The molecule has 3 heteroatoms. The summed E-state index contributed by atoms with van der Waals surface area (Å²) in [7, 11) is 0. The van der Waals surface area contributed by atoms with Gasteiger partial charge in [0, 0.05) is 5.56 Å². The van der Waals surface area contributed by atoms with Crippen molar-refractivity contribution in [1.29, 1.82) is 0 Å². The van der Waals surface area contributed by atoms with Crippen molar-refractivity contribution in [3.8, 4) is 0 Å².